The lowest BCUT2D eigenvalue weighted by atomic mass is 9.99. The summed E-state index contributed by atoms with van der Waals surface area (Å²) in [5, 5.41) is 5.99. The molecule has 2 aliphatic rings. The van der Waals surface area contributed by atoms with Crippen molar-refractivity contribution in [1.82, 2.24) is 15.2 Å². The summed E-state index contributed by atoms with van der Waals surface area (Å²) in [4.78, 5) is 19.0. The molecule has 0 aromatic carbocycles. The van der Waals surface area contributed by atoms with Crippen molar-refractivity contribution < 1.29 is 4.79 Å². The van der Waals surface area contributed by atoms with Gasteiger partial charge in [0.25, 0.3) is 0 Å². The Kier molecular flexibility index (Phi) is 4.58. The number of thiazole rings is 1. The summed E-state index contributed by atoms with van der Waals surface area (Å²) in [5.74, 6) is 0.510. The molecule has 2 atom stereocenters. The van der Waals surface area contributed by atoms with E-state index in [1.807, 2.05) is 5.38 Å². The molecule has 2 unspecified atom stereocenters. The highest BCUT2D eigenvalue weighted by molar-refractivity contribution is 7.09. The van der Waals surface area contributed by atoms with Crippen molar-refractivity contribution in [2.75, 3.05) is 13.1 Å². The number of carbonyl (C=O) groups is 1. The standard InChI is InChI=1S/C14H20ClN3OS/c15-8-10-9-20-14(16-10)7-13(19)17-11-4-6-18-5-2-1-3-12(11)18/h9,11-12H,1-8H2,(H,17,19). The molecule has 2 aliphatic heterocycles. The second-order valence-corrected chi connectivity index (χ2v) is 6.81. The zero-order chi connectivity index (χ0) is 13.9. The van der Waals surface area contributed by atoms with Crippen LogP contribution < -0.4 is 5.32 Å². The molecule has 4 nitrogen and oxygen atoms in total. The molecule has 1 aromatic heterocycles. The third-order valence-electron chi connectivity index (χ3n) is 4.25. The smallest absolute Gasteiger partial charge is 0.227 e. The average molecular weight is 314 g/mol. The zero-order valence-electron chi connectivity index (χ0n) is 11.5. The second kappa shape index (κ2) is 6.41. The number of rotatable bonds is 4. The first-order chi connectivity index (χ1) is 9.76. The topological polar surface area (TPSA) is 45.2 Å². The van der Waals surface area contributed by atoms with Crippen molar-refractivity contribution in [3.8, 4) is 0 Å². The molecule has 1 amide bonds. The first kappa shape index (κ1) is 14.3. The number of nitrogens with zero attached hydrogens (tertiary/aromatic N) is 2. The van der Waals surface area contributed by atoms with E-state index in [9.17, 15) is 4.79 Å². The summed E-state index contributed by atoms with van der Waals surface area (Å²) < 4.78 is 0. The van der Waals surface area contributed by atoms with Crippen molar-refractivity contribution in [1.29, 1.82) is 0 Å². The lowest BCUT2D eigenvalue weighted by Gasteiger charge is -2.32. The predicted molar refractivity (Wildman–Crippen MR) is 81.1 cm³/mol. The Labute approximate surface area is 128 Å². The molecule has 110 valence electrons. The molecule has 1 aromatic rings. The minimum atomic E-state index is 0.0953. The predicted octanol–water partition coefficient (Wildman–Crippen LogP) is 2.17. The van der Waals surface area contributed by atoms with Crippen LogP contribution in [-0.4, -0.2) is 41.0 Å². The monoisotopic (exact) mass is 313 g/mol. The van der Waals surface area contributed by atoms with Crippen molar-refractivity contribution in [2.24, 2.45) is 0 Å². The fraction of sp³-hybridized carbons (Fsp3) is 0.714. The van der Waals surface area contributed by atoms with Gasteiger partial charge in [0, 0.05) is 24.0 Å². The quantitative estimate of drug-likeness (QED) is 0.867. The van der Waals surface area contributed by atoms with Crippen LogP contribution in [0.2, 0.25) is 0 Å². The normalized spacial score (nSPS) is 26.4. The highest BCUT2D eigenvalue weighted by Gasteiger charge is 2.36. The minimum absolute atomic E-state index is 0.0953. The number of amides is 1. The fourth-order valence-corrected chi connectivity index (χ4v) is 4.32. The van der Waals surface area contributed by atoms with E-state index in [1.54, 1.807) is 0 Å². The van der Waals surface area contributed by atoms with E-state index in [1.165, 1.54) is 37.1 Å². The van der Waals surface area contributed by atoms with Crippen LogP contribution in [0, 0.1) is 0 Å². The van der Waals surface area contributed by atoms with Crippen LogP contribution >= 0.6 is 22.9 Å². The number of piperidine rings is 1. The number of hydrogen-bond acceptors (Lipinski definition) is 4. The van der Waals surface area contributed by atoms with Crippen molar-refractivity contribution >= 4 is 28.8 Å². The number of nitrogens with one attached hydrogen (secondary N) is 1. The Bertz CT molecular complexity index is 479. The Balaban J connectivity index is 1.53. The number of hydrogen-bond donors (Lipinski definition) is 1. The first-order valence-corrected chi connectivity index (χ1v) is 8.70. The van der Waals surface area contributed by atoms with Gasteiger partial charge in [-0.15, -0.1) is 22.9 Å². The summed E-state index contributed by atoms with van der Waals surface area (Å²) in [5.41, 5.74) is 0.860. The van der Waals surface area contributed by atoms with Gasteiger partial charge in [-0.1, -0.05) is 6.42 Å². The number of aromatic nitrogens is 1. The van der Waals surface area contributed by atoms with Crippen molar-refractivity contribution in [3.05, 3.63) is 16.1 Å². The van der Waals surface area contributed by atoms with Crippen LogP contribution in [0.25, 0.3) is 0 Å². The SMILES string of the molecule is O=C(Cc1nc(CCl)cs1)NC1CCN2CCCCC12. The van der Waals surface area contributed by atoms with E-state index in [0.29, 0.717) is 24.4 Å². The third-order valence-corrected chi connectivity index (χ3v) is 5.42. The van der Waals surface area contributed by atoms with Crippen LogP contribution in [0.3, 0.4) is 0 Å². The highest BCUT2D eigenvalue weighted by Crippen LogP contribution is 2.27. The van der Waals surface area contributed by atoms with Gasteiger partial charge in [0.15, 0.2) is 0 Å². The number of alkyl halides is 1. The van der Waals surface area contributed by atoms with E-state index in [-0.39, 0.29) is 5.91 Å². The number of carbonyl (C=O) groups excluding carboxylic acids is 1. The number of halogens is 1. The van der Waals surface area contributed by atoms with Crippen LogP contribution in [0.5, 0.6) is 0 Å². The van der Waals surface area contributed by atoms with Crippen molar-refractivity contribution in [2.45, 2.75) is 50.1 Å². The molecule has 3 rings (SSSR count). The molecule has 0 saturated carbocycles. The zero-order valence-corrected chi connectivity index (χ0v) is 13.1. The van der Waals surface area contributed by atoms with Crippen LogP contribution in [-0.2, 0) is 17.1 Å². The molecule has 2 fully saturated rings. The summed E-state index contributed by atoms with van der Waals surface area (Å²) in [6.45, 7) is 2.33. The molecule has 0 spiro atoms. The van der Waals surface area contributed by atoms with E-state index < -0.39 is 0 Å². The van der Waals surface area contributed by atoms with E-state index in [4.69, 9.17) is 11.6 Å². The Morgan fingerprint density at radius 3 is 3.15 bits per heavy atom. The van der Waals surface area contributed by atoms with E-state index in [2.05, 4.69) is 15.2 Å². The molecule has 0 radical (unpaired) electrons. The lowest BCUT2D eigenvalue weighted by molar-refractivity contribution is -0.121. The molecular formula is C14H20ClN3OS. The largest absolute Gasteiger partial charge is 0.351 e. The maximum atomic E-state index is 12.1. The summed E-state index contributed by atoms with van der Waals surface area (Å²) in [6, 6.07) is 0.887. The van der Waals surface area contributed by atoms with Crippen LogP contribution in [0.15, 0.2) is 5.38 Å². The molecule has 2 saturated heterocycles. The maximum absolute atomic E-state index is 12.1. The number of fused-ring (bicyclic) bond motifs is 1. The maximum Gasteiger partial charge on any atom is 0.227 e. The highest BCUT2D eigenvalue weighted by atomic mass is 35.5. The Morgan fingerprint density at radius 1 is 1.45 bits per heavy atom. The van der Waals surface area contributed by atoms with Gasteiger partial charge in [0.05, 0.1) is 18.0 Å². The van der Waals surface area contributed by atoms with Gasteiger partial charge in [0.1, 0.15) is 5.01 Å². The molecule has 0 bridgehead atoms. The molecular weight excluding hydrogens is 294 g/mol. The Hall–Kier alpha value is -0.650. The summed E-state index contributed by atoms with van der Waals surface area (Å²) >= 11 is 7.25. The summed E-state index contributed by atoms with van der Waals surface area (Å²) in [7, 11) is 0. The van der Waals surface area contributed by atoms with Gasteiger partial charge in [-0.05, 0) is 25.8 Å². The van der Waals surface area contributed by atoms with Gasteiger partial charge in [0.2, 0.25) is 5.91 Å². The van der Waals surface area contributed by atoms with Gasteiger partial charge in [-0.3, -0.25) is 9.69 Å². The average Bonchev–Trinajstić information content (AvgIpc) is 3.06. The lowest BCUT2D eigenvalue weighted by Crippen LogP contribution is -2.47. The second-order valence-electron chi connectivity index (χ2n) is 5.60. The first-order valence-electron chi connectivity index (χ1n) is 7.29. The van der Waals surface area contributed by atoms with Crippen molar-refractivity contribution in [3.63, 3.8) is 0 Å². The van der Waals surface area contributed by atoms with Crippen LogP contribution in [0.4, 0.5) is 0 Å². The molecule has 20 heavy (non-hydrogen) atoms. The molecule has 6 heteroatoms. The molecule has 3 heterocycles. The van der Waals surface area contributed by atoms with Gasteiger partial charge < -0.3 is 5.32 Å². The minimum Gasteiger partial charge on any atom is -0.351 e. The van der Waals surface area contributed by atoms with E-state index in [0.717, 1.165) is 23.7 Å². The summed E-state index contributed by atoms with van der Waals surface area (Å²) in [6.07, 6.45) is 5.28. The van der Waals surface area contributed by atoms with Gasteiger partial charge >= 0.3 is 0 Å². The van der Waals surface area contributed by atoms with Gasteiger partial charge in [-0.2, -0.15) is 0 Å². The van der Waals surface area contributed by atoms with Gasteiger partial charge in [-0.25, -0.2) is 4.98 Å². The Morgan fingerprint density at radius 2 is 2.35 bits per heavy atom. The molecule has 0 aliphatic carbocycles. The fourth-order valence-electron chi connectivity index (χ4n) is 3.30. The third kappa shape index (κ3) is 3.15. The van der Waals surface area contributed by atoms with E-state index >= 15 is 0 Å². The van der Waals surface area contributed by atoms with Crippen LogP contribution in [0.1, 0.15) is 36.4 Å². The molecule has 1 N–H and O–H groups in total.